The van der Waals surface area contributed by atoms with E-state index >= 15 is 0 Å². The molecule has 34 heavy (non-hydrogen) atoms. The molecule has 0 amide bonds. The topological polar surface area (TPSA) is 21.7 Å². The van der Waals surface area contributed by atoms with Gasteiger partial charge in [0.15, 0.2) is 0 Å². The van der Waals surface area contributed by atoms with E-state index in [4.69, 9.17) is 4.98 Å². The minimum atomic E-state index is -0.0888. The first-order valence-electron chi connectivity index (χ1n) is 12.4. The van der Waals surface area contributed by atoms with Gasteiger partial charge in [0.05, 0.1) is 18.3 Å². The lowest BCUT2D eigenvalue weighted by molar-refractivity contribution is -0.659. The third-order valence-corrected chi connectivity index (χ3v) is 7.55. The van der Waals surface area contributed by atoms with Gasteiger partial charge in [-0.2, -0.15) is 4.57 Å². The summed E-state index contributed by atoms with van der Waals surface area (Å²) in [5.41, 5.74) is 11.7. The Morgan fingerprint density at radius 1 is 0.882 bits per heavy atom. The number of nitrogens with zero attached hydrogens (tertiary/aromatic N) is 3. The highest BCUT2D eigenvalue weighted by molar-refractivity contribution is 5.83. The summed E-state index contributed by atoms with van der Waals surface area (Å²) in [6.45, 7) is 16.0. The van der Waals surface area contributed by atoms with E-state index in [-0.39, 0.29) is 5.41 Å². The molecule has 0 spiro atoms. The molecule has 5 rings (SSSR count). The number of imidazole rings is 1. The number of hydrogen-bond acceptors (Lipinski definition) is 1. The molecular weight excluding hydrogens is 414 g/mol. The SMILES string of the molecule is Cc1cc2c(cc1-c1n(-c3c(C(C)C)cccc3C(C)C)cc[n+]1C)-c1cccnc1C2(C)C. The second-order valence-electron chi connectivity index (χ2n) is 10.9. The molecule has 4 aromatic rings. The van der Waals surface area contributed by atoms with E-state index in [2.05, 4.69) is 120 Å². The van der Waals surface area contributed by atoms with Crippen LogP contribution in [0.4, 0.5) is 0 Å². The lowest BCUT2D eigenvalue weighted by atomic mass is 9.84. The van der Waals surface area contributed by atoms with E-state index < -0.39 is 0 Å². The Balaban J connectivity index is 1.80. The first-order chi connectivity index (χ1) is 16.1. The minimum Gasteiger partial charge on any atom is -0.260 e. The van der Waals surface area contributed by atoms with Crippen molar-refractivity contribution in [3.63, 3.8) is 0 Å². The molecule has 0 fully saturated rings. The van der Waals surface area contributed by atoms with Crippen LogP contribution >= 0.6 is 0 Å². The summed E-state index contributed by atoms with van der Waals surface area (Å²) in [6.07, 6.45) is 6.33. The van der Waals surface area contributed by atoms with Crippen LogP contribution in [0.3, 0.4) is 0 Å². The fraction of sp³-hybridized carbons (Fsp3) is 0.355. The van der Waals surface area contributed by atoms with Gasteiger partial charge in [-0.15, -0.1) is 0 Å². The molecule has 3 heteroatoms. The molecule has 1 aliphatic rings. The molecule has 0 radical (unpaired) electrons. The summed E-state index contributed by atoms with van der Waals surface area (Å²) in [5.74, 6) is 2.09. The number of fused-ring (bicyclic) bond motifs is 3. The molecular formula is C31H36N3+. The van der Waals surface area contributed by atoms with Gasteiger partial charge in [-0.25, -0.2) is 4.57 Å². The third kappa shape index (κ3) is 3.25. The van der Waals surface area contributed by atoms with Crippen LogP contribution in [0.15, 0.2) is 61.1 Å². The Morgan fingerprint density at radius 3 is 2.21 bits per heavy atom. The van der Waals surface area contributed by atoms with Crippen molar-refractivity contribution < 1.29 is 4.57 Å². The maximum Gasteiger partial charge on any atom is 0.294 e. The Hall–Kier alpha value is -3.20. The van der Waals surface area contributed by atoms with Crippen LogP contribution in [0, 0.1) is 6.92 Å². The smallest absolute Gasteiger partial charge is 0.260 e. The average Bonchev–Trinajstić information content (AvgIpc) is 3.28. The van der Waals surface area contributed by atoms with Gasteiger partial charge in [-0.05, 0) is 47.6 Å². The second-order valence-corrected chi connectivity index (χ2v) is 10.9. The van der Waals surface area contributed by atoms with E-state index in [9.17, 15) is 0 Å². The van der Waals surface area contributed by atoms with Gasteiger partial charge >= 0.3 is 0 Å². The first kappa shape index (κ1) is 22.6. The summed E-state index contributed by atoms with van der Waals surface area (Å²) in [6, 6.07) is 15.9. The Morgan fingerprint density at radius 2 is 1.56 bits per heavy atom. The summed E-state index contributed by atoms with van der Waals surface area (Å²) < 4.78 is 4.68. The highest BCUT2D eigenvalue weighted by atomic mass is 15.1. The quantitative estimate of drug-likeness (QED) is 0.301. The Labute approximate surface area is 204 Å². The van der Waals surface area contributed by atoms with Gasteiger partial charge in [-0.3, -0.25) is 4.98 Å². The van der Waals surface area contributed by atoms with Crippen molar-refractivity contribution in [2.75, 3.05) is 0 Å². The van der Waals surface area contributed by atoms with Gasteiger partial charge in [0, 0.05) is 28.3 Å². The monoisotopic (exact) mass is 450 g/mol. The molecule has 2 aromatic carbocycles. The molecule has 2 aromatic heterocycles. The van der Waals surface area contributed by atoms with Crippen molar-refractivity contribution in [2.24, 2.45) is 7.05 Å². The molecule has 174 valence electrons. The van der Waals surface area contributed by atoms with Gasteiger partial charge in [0.2, 0.25) is 0 Å². The highest BCUT2D eigenvalue weighted by Gasteiger charge is 2.38. The van der Waals surface area contributed by atoms with Crippen LogP contribution in [0.5, 0.6) is 0 Å². The zero-order valence-corrected chi connectivity index (χ0v) is 21.8. The fourth-order valence-electron chi connectivity index (χ4n) is 5.70. The maximum absolute atomic E-state index is 4.78. The van der Waals surface area contributed by atoms with Crippen molar-refractivity contribution in [1.29, 1.82) is 0 Å². The minimum absolute atomic E-state index is 0.0888. The van der Waals surface area contributed by atoms with Gasteiger partial charge in [-0.1, -0.05) is 71.9 Å². The predicted molar refractivity (Wildman–Crippen MR) is 141 cm³/mol. The molecule has 2 heterocycles. The number of rotatable bonds is 4. The molecule has 0 unspecified atom stereocenters. The summed E-state index contributed by atoms with van der Waals surface area (Å²) in [4.78, 5) is 4.78. The molecule has 0 saturated heterocycles. The van der Waals surface area contributed by atoms with E-state index in [1.54, 1.807) is 0 Å². The van der Waals surface area contributed by atoms with Crippen molar-refractivity contribution in [3.05, 3.63) is 89.0 Å². The van der Waals surface area contributed by atoms with Gasteiger partial charge in [0.25, 0.3) is 5.82 Å². The number of para-hydroxylation sites is 1. The molecule has 0 atom stereocenters. The van der Waals surface area contributed by atoms with E-state index in [1.165, 1.54) is 56.1 Å². The predicted octanol–water partition coefficient (Wildman–Crippen LogP) is 7.23. The van der Waals surface area contributed by atoms with Crippen molar-refractivity contribution in [2.45, 2.75) is 65.7 Å². The standard InChI is InChI=1S/C31H36N3/c1-19(2)22-11-9-12-23(20(3)4)28(22)34-16-15-33(8)30(34)25-18-26-24-13-10-14-32-29(24)31(6,7)27(26)17-21(25)5/h9-20H,1-8H3/q+1. The Kier molecular flexibility index (Phi) is 5.27. The van der Waals surface area contributed by atoms with Crippen molar-refractivity contribution >= 4 is 0 Å². The molecule has 0 N–H and O–H groups in total. The van der Waals surface area contributed by atoms with Crippen LogP contribution in [0.2, 0.25) is 0 Å². The van der Waals surface area contributed by atoms with Gasteiger partial charge in [0.1, 0.15) is 18.1 Å². The summed E-state index contributed by atoms with van der Waals surface area (Å²) in [5, 5.41) is 0. The van der Waals surface area contributed by atoms with Crippen LogP contribution in [-0.2, 0) is 12.5 Å². The first-order valence-corrected chi connectivity index (χ1v) is 12.4. The van der Waals surface area contributed by atoms with Crippen LogP contribution in [-0.4, -0.2) is 9.55 Å². The summed E-state index contributed by atoms with van der Waals surface area (Å²) in [7, 11) is 2.16. The van der Waals surface area contributed by atoms with E-state index in [0.29, 0.717) is 11.8 Å². The maximum atomic E-state index is 4.78. The lowest BCUT2D eigenvalue weighted by Gasteiger charge is -2.21. The van der Waals surface area contributed by atoms with Crippen LogP contribution in [0.25, 0.3) is 28.2 Å². The summed E-state index contributed by atoms with van der Waals surface area (Å²) >= 11 is 0. The van der Waals surface area contributed by atoms with Crippen LogP contribution < -0.4 is 4.57 Å². The molecule has 0 aliphatic heterocycles. The lowest BCUT2D eigenvalue weighted by Crippen LogP contribution is -2.29. The van der Waals surface area contributed by atoms with Crippen molar-refractivity contribution in [3.8, 4) is 28.2 Å². The number of aromatic nitrogens is 3. The van der Waals surface area contributed by atoms with E-state index in [0.717, 1.165) is 0 Å². The van der Waals surface area contributed by atoms with Crippen LogP contribution in [0.1, 0.15) is 81.3 Å². The van der Waals surface area contributed by atoms with Crippen molar-refractivity contribution in [1.82, 2.24) is 9.55 Å². The number of benzene rings is 2. The molecule has 0 saturated carbocycles. The fourth-order valence-corrected chi connectivity index (χ4v) is 5.70. The zero-order valence-electron chi connectivity index (χ0n) is 21.8. The van der Waals surface area contributed by atoms with Gasteiger partial charge < -0.3 is 0 Å². The molecule has 1 aliphatic carbocycles. The highest BCUT2D eigenvalue weighted by Crippen LogP contribution is 2.49. The molecule has 3 nitrogen and oxygen atoms in total. The normalized spacial score (nSPS) is 14.1. The Bertz CT molecular complexity index is 1380. The number of pyridine rings is 1. The number of aryl methyl sites for hydroxylation is 2. The van der Waals surface area contributed by atoms with E-state index in [1.807, 2.05) is 6.20 Å². The number of hydrogen-bond donors (Lipinski definition) is 0. The molecule has 0 bridgehead atoms. The average molecular weight is 451 g/mol. The second kappa shape index (κ2) is 7.94. The largest absolute Gasteiger partial charge is 0.294 e. The zero-order chi connectivity index (χ0) is 24.4. The third-order valence-electron chi connectivity index (χ3n) is 7.55.